The monoisotopic (exact) mass is 533 g/mol. The topological polar surface area (TPSA) is 38.3 Å². The van der Waals surface area contributed by atoms with Gasteiger partial charge in [-0.3, -0.25) is 4.79 Å². The molecule has 4 rings (SSSR count). The first kappa shape index (κ1) is 22.5. The predicted molar refractivity (Wildman–Crippen MR) is 118 cm³/mol. The van der Waals surface area contributed by atoms with Crippen LogP contribution >= 0.6 is 39.1 Å². The zero-order valence-electron chi connectivity index (χ0n) is 16.0. The highest BCUT2D eigenvalue weighted by Crippen LogP contribution is 2.52. The summed E-state index contributed by atoms with van der Waals surface area (Å²) in [5.41, 5.74) is -1.81. The summed E-state index contributed by atoms with van der Waals surface area (Å²) in [5.74, 6) is -0.122. The summed E-state index contributed by atoms with van der Waals surface area (Å²) in [7, 11) is 0. The van der Waals surface area contributed by atoms with Crippen molar-refractivity contribution in [1.29, 1.82) is 0 Å². The molecule has 0 saturated heterocycles. The molecule has 1 amide bonds. The van der Waals surface area contributed by atoms with Crippen LogP contribution in [-0.2, 0) is 16.8 Å². The maximum absolute atomic E-state index is 14.2. The minimum Gasteiger partial charge on any atom is -0.472 e. The standard InChI is InChI=1S/C22H17BrCl2F3NO2/c23-18(10-20(30)29-17-2-1-3-17)12-4-5-19-13(6-12)11-21(31-19,22(26,27)28)14-7-15(24)9-16(25)8-14/h4-10,17H,1-3,11H2,(H,29,30)/b18-10-. The number of carbonyl (C=O) groups excluding carboxylic acids is 1. The SMILES string of the molecule is O=C(/C=C(\Br)c1ccc2c(c1)CC(c1cc(Cl)cc(Cl)c1)(C(F)(F)F)O2)NC1CCC1. The third-order valence-corrected chi connectivity index (χ3v) is 6.68. The number of alkyl halides is 3. The molecule has 2 aliphatic rings. The van der Waals surface area contributed by atoms with E-state index in [4.69, 9.17) is 27.9 Å². The molecule has 2 aromatic rings. The molecular formula is C22H17BrCl2F3NO2. The maximum Gasteiger partial charge on any atom is 0.432 e. The molecule has 1 atom stereocenters. The zero-order valence-corrected chi connectivity index (χ0v) is 19.1. The molecule has 31 heavy (non-hydrogen) atoms. The van der Waals surface area contributed by atoms with Crippen LogP contribution in [0.25, 0.3) is 4.48 Å². The Morgan fingerprint density at radius 1 is 1.16 bits per heavy atom. The number of amides is 1. The number of carbonyl (C=O) groups is 1. The molecule has 1 aliphatic carbocycles. The highest BCUT2D eigenvalue weighted by molar-refractivity contribution is 9.15. The lowest BCUT2D eigenvalue weighted by Crippen LogP contribution is -2.46. The number of fused-ring (bicyclic) bond motifs is 1. The molecule has 2 aromatic carbocycles. The quantitative estimate of drug-likeness (QED) is 0.438. The molecule has 1 saturated carbocycles. The van der Waals surface area contributed by atoms with Crippen molar-refractivity contribution in [3.63, 3.8) is 0 Å². The first-order valence-corrected chi connectivity index (χ1v) is 11.2. The first-order chi connectivity index (χ1) is 14.6. The lowest BCUT2D eigenvalue weighted by Gasteiger charge is -2.31. The minimum atomic E-state index is -4.71. The fourth-order valence-corrected chi connectivity index (χ4v) is 4.70. The van der Waals surface area contributed by atoms with Crippen molar-refractivity contribution in [3.8, 4) is 5.75 Å². The minimum absolute atomic E-state index is 0.0922. The number of nitrogens with one attached hydrogen (secondary N) is 1. The smallest absolute Gasteiger partial charge is 0.432 e. The first-order valence-electron chi connectivity index (χ1n) is 9.61. The van der Waals surface area contributed by atoms with Crippen LogP contribution in [0.1, 0.15) is 36.0 Å². The summed E-state index contributed by atoms with van der Waals surface area (Å²) in [6, 6.07) is 8.66. The third kappa shape index (κ3) is 4.45. The predicted octanol–water partition coefficient (Wildman–Crippen LogP) is 6.79. The van der Waals surface area contributed by atoms with Crippen molar-refractivity contribution >= 4 is 49.5 Å². The highest BCUT2D eigenvalue weighted by atomic mass is 79.9. The maximum atomic E-state index is 14.2. The van der Waals surface area contributed by atoms with Gasteiger partial charge in [-0.25, -0.2) is 0 Å². The molecule has 3 nitrogen and oxygen atoms in total. The Hall–Kier alpha value is -1.70. The zero-order chi connectivity index (χ0) is 22.4. The van der Waals surface area contributed by atoms with Gasteiger partial charge in [-0.15, -0.1) is 0 Å². The molecule has 1 fully saturated rings. The molecule has 0 spiro atoms. The van der Waals surface area contributed by atoms with Crippen molar-refractivity contribution in [1.82, 2.24) is 5.32 Å². The third-order valence-electron chi connectivity index (χ3n) is 5.56. The summed E-state index contributed by atoms with van der Waals surface area (Å²) in [6.45, 7) is 0. The second-order valence-corrected chi connectivity index (χ2v) is 9.44. The lowest BCUT2D eigenvalue weighted by atomic mass is 9.88. The molecule has 9 heteroatoms. The van der Waals surface area contributed by atoms with E-state index < -0.39 is 18.2 Å². The Morgan fingerprint density at radius 2 is 1.84 bits per heavy atom. The van der Waals surface area contributed by atoms with Crippen LogP contribution < -0.4 is 10.1 Å². The largest absolute Gasteiger partial charge is 0.472 e. The van der Waals surface area contributed by atoms with Crippen LogP contribution in [0.5, 0.6) is 5.75 Å². The Morgan fingerprint density at radius 3 is 2.42 bits per heavy atom. The average Bonchev–Trinajstić information content (AvgIpc) is 3.04. The van der Waals surface area contributed by atoms with Gasteiger partial charge in [0.15, 0.2) is 0 Å². The van der Waals surface area contributed by atoms with E-state index in [1.54, 1.807) is 12.1 Å². The molecule has 1 unspecified atom stereocenters. The van der Waals surface area contributed by atoms with Gasteiger partial charge in [-0.1, -0.05) is 29.3 Å². The van der Waals surface area contributed by atoms with Crippen molar-refractivity contribution in [2.24, 2.45) is 0 Å². The Balaban J connectivity index is 1.64. The number of hydrogen-bond donors (Lipinski definition) is 1. The highest BCUT2D eigenvalue weighted by Gasteiger charge is 2.61. The van der Waals surface area contributed by atoms with E-state index in [-0.39, 0.29) is 33.3 Å². The molecule has 164 valence electrons. The summed E-state index contributed by atoms with van der Waals surface area (Å²) in [6.07, 6.45) is -0.745. The van der Waals surface area contributed by atoms with Gasteiger partial charge < -0.3 is 10.1 Å². The van der Waals surface area contributed by atoms with Crippen molar-refractivity contribution in [3.05, 3.63) is 69.2 Å². The number of halogens is 6. The van der Waals surface area contributed by atoms with Crippen molar-refractivity contribution in [2.75, 3.05) is 0 Å². The van der Waals surface area contributed by atoms with Gasteiger partial charge in [-0.2, -0.15) is 13.2 Å². The fraction of sp³-hybridized carbons (Fsp3) is 0.318. The Kier molecular flexibility index (Phi) is 6.05. The van der Waals surface area contributed by atoms with Crippen LogP contribution in [0.15, 0.2) is 42.5 Å². The van der Waals surface area contributed by atoms with Gasteiger partial charge >= 0.3 is 6.18 Å². The van der Waals surface area contributed by atoms with Crippen LogP contribution in [0.3, 0.4) is 0 Å². The lowest BCUT2D eigenvalue weighted by molar-refractivity contribution is -0.248. The second kappa shape index (κ2) is 8.34. The molecular weight excluding hydrogens is 518 g/mol. The van der Waals surface area contributed by atoms with Gasteiger partial charge in [0.25, 0.3) is 0 Å². The van der Waals surface area contributed by atoms with Crippen molar-refractivity contribution < 1.29 is 22.7 Å². The molecule has 1 N–H and O–H groups in total. The van der Waals surface area contributed by atoms with E-state index >= 15 is 0 Å². The van der Waals surface area contributed by atoms with Gasteiger partial charge in [0, 0.05) is 38.6 Å². The number of benzene rings is 2. The van der Waals surface area contributed by atoms with Crippen LogP contribution in [-0.4, -0.2) is 18.1 Å². The van der Waals surface area contributed by atoms with Gasteiger partial charge in [0.05, 0.1) is 0 Å². The molecule has 0 radical (unpaired) electrons. The van der Waals surface area contributed by atoms with Gasteiger partial charge in [0.1, 0.15) is 5.75 Å². The second-order valence-electron chi connectivity index (χ2n) is 7.71. The van der Waals surface area contributed by atoms with E-state index in [9.17, 15) is 18.0 Å². The number of rotatable bonds is 4. The molecule has 0 aromatic heterocycles. The van der Waals surface area contributed by atoms with Crippen LogP contribution in [0.2, 0.25) is 10.0 Å². The van der Waals surface area contributed by atoms with E-state index in [2.05, 4.69) is 21.2 Å². The molecule has 1 heterocycles. The van der Waals surface area contributed by atoms with E-state index in [0.717, 1.165) is 19.3 Å². The van der Waals surface area contributed by atoms with Crippen LogP contribution in [0, 0.1) is 0 Å². The van der Waals surface area contributed by atoms with E-state index in [0.29, 0.717) is 15.6 Å². The summed E-state index contributed by atoms with van der Waals surface area (Å²) in [4.78, 5) is 12.1. The molecule has 0 bridgehead atoms. The summed E-state index contributed by atoms with van der Waals surface area (Å²) in [5, 5.41) is 3.07. The normalized spacial score (nSPS) is 21.3. The van der Waals surface area contributed by atoms with Crippen molar-refractivity contribution in [2.45, 2.75) is 43.5 Å². The number of ether oxygens (including phenoxy) is 1. The van der Waals surface area contributed by atoms with E-state index in [1.807, 2.05) is 0 Å². The number of hydrogen-bond acceptors (Lipinski definition) is 2. The average molecular weight is 535 g/mol. The van der Waals surface area contributed by atoms with Gasteiger partial charge in [-0.05, 0) is 76.7 Å². The molecule has 1 aliphatic heterocycles. The summed E-state index contributed by atoms with van der Waals surface area (Å²) < 4.78 is 48.7. The Labute approximate surface area is 195 Å². The van der Waals surface area contributed by atoms with Gasteiger partial charge in [0.2, 0.25) is 11.5 Å². The fourth-order valence-electron chi connectivity index (χ4n) is 3.72. The van der Waals surface area contributed by atoms with E-state index in [1.165, 1.54) is 30.3 Å². The Bertz CT molecular complexity index is 1050. The van der Waals surface area contributed by atoms with Crippen LogP contribution in [0.4, 0.5) is 13.2 Å². The summed E-state index contributed by atoms with van der Waals surface area (Å²) >= 11 is 15.3.